The maximum absolute atomic E-state index is 12.2. The normalized spacial score (nSPS) is 11.0. The van der Waals surface area contributed by atoms with Gasteiger partial charge in [-0.3, -0.25) is 0 Å². The second kappa shape index (κ2) is 7.88. The van der Waals surface area contributed by atoms with Crippen LogP contribution in [0.1, 0.15) is 13.3 Å². The number of nitrogens with zero attached hydrogens (tertiary/aromatic N) is 2. The molecule has 0 bridgehead atoms. The van der Waals surface area contributed by atoms with Crippen LogP contribution in [-0.4, -0.2) is 42.2 Å². The first-order chi connectivity index (χ1) is 9.62. The van der Waals surface area contributed by atoms with Crippen molar-refractivity contribution in [1.29, 1.82) is 0 Å². The summed E-state index contributed by atoms with van der Waals surface area (Å²) < 4.78 is 5.17. The number of carbonyl (C=O) groups excluding carboxylic acids is 1. The Morgan fingerprint density at radius 3 is 2.80 bits per heavy atom. The molecule has 0 spiro atoms. The maximum Gasteiger partial charge on any atom is 0.322 e. The molecule has 2 amide bonds. The van der Waals surface area contributed by atoms with Gasteiger partial charge in [0.1, 0.15) is 5.75 Å². The van der Waals surface area contributed by atoms with E-state index < -0.39 is 0 Å². The van der Waals surface area contributed by atoms with Gasteiger partial charge in [-0.05, 0) is 18.6 Å². The van der Waals surface area contributed by atoms with Crippen LogP contribution in [-0.2, 0) is 0 Å². The second-order valence-corrected chi connectivity index (χ2v) is 4.14. The van der Waals surface area contributed by atoms with Crippen molar-refractivity contribution in [1.82, 2.24) is 4.90 Å². The van der Waals surface area contributed by atoms with Gasteiger partial charge in [-0.2, -0.15) is 0 Å². The molecule has 0 aliphatic carbocycles. The number of para-hydroxylation sites is 2. The minimum absolute atomic E-state index is 0.0198. The topological polar surface area (TPSA) is 100 Å². The molecule has 0 fully saturated rings. The number of hydrogen-bond acceptors (Lipinski definition) is 4. The highest BCUT2D eigenvalue weighted by atomic mass is 16.5. The van der Waals surface area contributed by atoms with E-state index in [9.17, 15) is 4.79 Å². The third kappa shape index (κ3) is 4.34. The number of urea groups is 1. The van der Waals surface area contributed by atoms with Gasteiger partial charge in [-0.25, -0.2) is 4.79 Å². The Balaban J connectivity index is 2.79. The van der Waals surface area contributed by atoms with E-state index in [0.29, 0.717) is 18.0 Å². The van der Waals surface area contributed by atoms with Crippen LogP contribution in [0, 0.1) is 0 Å². The van der Waals surface area contributed by atoms with E-state index in [1.165, 1.54) is 12.0 Å². The molecule has 0 saturated carbocycles. The quantitative estimate of drug-likeness (QED) is 0.319. The summed E-state index contributed by atoms with van der Waals surface area (Å²) in [4.78, 5) is 13.6. The van der Waals surface area contributed by atoms with Crippen molar-refractivity contribution in [2.24, 2.45) is 10.9 Å². The summed E-state index contributed by atoms with van der Waals surface area (Å²) in [6.45, 7) is 2.50. The Morgan fingerprint density at radius 2 is 2.20 bits per heavy atom. The highest BCUT2D eigenvalue weighted by molar-refractivity contribution is 5.94. The zero-order valence-corrected chi connectivity index (χ0v) is 11.7. The Kier molecular flexibility index (Phi) is 6.15. The Bertz CT molecular complexity index is 476. The number of nitrogens with two attached hydrogens (primary N) is 1. The molecular formula is C13H20N4O3. The maximum atomic E-state index is 12.2. The number of rotatable bonds is 6. The number of benzene rings is 1. The molecule has 1 rings (SSSR count). The lowest BCUT2D eigenvalue weighted by molar-refractivity contribution is 0.217. The van der Waals surface area contributed by atoms with Crippen LogP contribution in [0.15, 0.2) is 29.4 Å². The van der Waals surface area contributed by atoms with Gasteiger partial charge in [-0.1, -0.05) is 24.2 Å². The number of ether oxygens (including phenoxy) is 1. The van der Waals surface area contributed by atoms with E-state index in [1.807, 2.05) is 13.0 Å². The number of methoxy groups -OCH3 is 1. The number of oxime groups is 1. The summed E-state index contributed by atoms with van der Waals surface area (Å²) in [5.41, 5.74) is 6.02. The number of nitrogens with one attached hydrogen (secondary N) is 1. The summed E-state index contributed by atoms with van der Waals surface area (Å²) in [5, 5.41) is 14.2. The van der Waals surface area contributed by atoms with E-state index in [-0.39, 0.29) is 18.4 Å². The molecule has 0 aliphatic heterocycles. The zero-order valence-electron chi connectivity index (χ0n) is 11.7. The first-order valence-corrected chi connectivity index (χ1v) is 6.27. The van der Waals surface area contributed by atoms with Crippen molar-refractivity contribution in [2.75, 3.05) is 25.5 Å². The molecule has 0 heterocycles. The Labute approximate surface area is 118 Å². The zero-order chi connectivity index (χ0) is 15.0. The molecule has 7 nitrogen and oxygen atoms in total. The van der Waals surface area contributed by atoms with Crippen molar-refractivity contribution < 1.29 is 14.7 Å². The van der Waals surface area contributed by atoms with Crippen molar-refractivity contribution in [3.05, 3.63) is 24.3 Å². The molecule has 7 heteroatoms. The number of carbonyl (C=O) groups is 1. The van der Waals surface area contributed by atoms with Gasteiger partial charge in [0.05, 0.1) is 19.3 Å². The third-order valence-corrected chi connectivity index (χ3v) is 2.61. The van der Waals surface area contributed by atoms with Crippen LogP contribution >= 0.6 is 0 Å². The summed E-state index contributed by atoms with van der Waals surface area (Å²) in [7, 11) is 1.53. The number of hydrogen-bond donors (Lipinski definition) is 3. The van der Waals surface area contributed by atoms with Crippen LogP contribution in [0.3, 0.4) is 0 Å². The van der Waals surface area contributed by atoms with Crippen molar-refractivity contribution in [3.8, 4) is 5.75 Å². The van der Waals surface area contributed by atoms with Gasteiger partial charge in [0.25, 0.3) is 0 Å². The molecule has 110 valence electrons. The fourth-order valence-corrected chi connectivity index (χ4v) is 1.69. The first-order valence-electron chi connectivity index (χ1n) is 6.27. The van der Waals surface area contributed by atoms with E-state index >= 15 is 0 Å². The fraction of sp³-hybridized carbons (Fsp3) is 0.385. The lowest BCUT2D eigenvalue weighted by atomic mass is 10.3. The van der Waals surface area contributed by atoms with Crippen LogP contribution in [0.4, 0.5) is 10.5 Å². The molecule has 4 N–H and O–H groups in total. The third-order valence-electron chi connectivity index (χ3n) is 2.61. The predicted molar refractivity (Wildman–Crippen MR) is 77.3 cm³/mol. The van der Waals surface area contributed by atoms with Crippen molar-refractivity contribution in [3.63, 3.8) is 0 Å². The summed E-state index contributed by atoms with van der Waals surface area (Å²) in [6.07, 6.45) is 0.762. The molecule has 0 saturated heterocycles. The van der Waals surface area contributed by atoms with E-state index in [0.717, 1.165) is 6.42 Å². The standard InChI is InChI=1S/C13H20N4O3/c1-3-8-17(9-12(14)16-19)13(18)15-10-6-4-5-7-11(10)20-2/h4-7,19H,3,8-9H2,1-2H3,(H2,14,16)(H,15,18). The molecular weight excluding hydrogens is 260 g/mol. The van der Waals surface area contributed by atoms with Crippen LogP contribution in [0.2, 0.25) is 0 Å². The summed E-state index contributed by atoms with van der Waals surface area (Å²) >= 11 is 0. The highest BCUT2D eigenvalue weighted by Gasteiger charge is 2.15. The molecule has 1 aromatic rings. The number of anilines is 1. The molecule has 0 aliphatic rings. The molecule has 20 heavy (non-hydrogen) atoms. The van der Waals surface area contributed by atoms with Gasteiger partial charge in [-0.15, -0.1) is 0 Å². The first kappa shape index (κ1) is 15.6. The summed E-state index contributed by atoms with van der Waals surface area (Å²) in [5.74, 6) is 0.551. The minimum Gasteiger partial charge on any atom is -0.495 e. The van der Waals surface area contributed by atoms with Crippen molar-refractivity contribution >= 4 is 17.6 Å². The lowest BCUT2D eigenvalue weighted by Crippen LogP contribution is -2.41. The largest absolute Gasteiger partial charge is 0.495 e. The molecule has 0 atom stereocenters. The molecule has 1 aromatic carbocycles. The average Bonchev–Trinajstić information content (AvgIpc) is 2.47. The van der Waals surface area contributed by atoms with Crippen LogP contribution in [0.25, 0.3) is 0 Å². The van der Waals surface area contributed by atoms with E-state index in [4.69, 9.17) is 15.7 Å². The smallest absolute Gasteiger partial charge is 0.322 e. The molecule has 0 radical (unpaired) electrons. The SMILES string of the molecule is CCCN(CC(N)=NO)C(=O)Nc1ccccc1OC. The van der Waals surface area contributed by atoms with Gasteiger partial charge < -0.3 is 25.9 Å². The van der Waals surface area contributed by atoms with E-state index in [2.05, 4.69) is 10.5 Å². The highest BCUT2D eigenvalue weighted by Crippen LogP contribution is 2.23. The second-order valence-electron chi connectivity index (χ2n) is 4.14. The summed E-state index contributed by atoms with van der Waals surface area (Å²) in [6, 6.07) is 6.77. The minimum atomic E-state index is -0.331. The monoisotopic (exact) mass is 280 g/mol. The predicted octanol–water partition coefficient (Wildman–Crippen LogP) is 1.69. The van der Waals surface area contributed by atoms with Crippen LogP contribution < -0.4 is 15.8 Å². The van der Waals surface area contributed by atoms with E-state index in [1.54, 1.807) is 18.2 Å². The van der Waals surface area contributed by atoms with Gasteiger partial charge in [0, 0.05) is 6.54 Å². The van der Waals surface area contributed by atoms with Crippen LogP contribution in [0.5, 0.6) is 5.75 Å². The van der Waals surface area contributed by atoms with Gasteiger partial charge in [0.15, 0.2) is 5.84 Å². The lowest BCUT2D eigenvalue weighted by Gasteiger charge is -2.22. The average molecular weight is 280 g/mol. The van der Waals surface area contributed by atoms with Crippen molar-refractivity contribution in [2.45, 2.75) is 13.3 Å². The number of amides is 2. The Hall–Kier alpha value is -2.44. The Morgan fingerprint density at radius 1 is 1.50 bits per heavy atom. The van der Waals surface area contributed by atoms with Gasteiger partial charge in [0.2, 0.25) is 0 Å². The molecule has 0 aromatic heterocycles. The fourth-order valence-electron chi connectivity index (χ4n) is 1.69. The molecule has 0 unspecified atom stereocenters. The van der Waals surface area contributed by atoms with Gasteiger partial charge >= 0.3 is 6.03 Å². The number of amidine groups is 1.